The molecule has 5 nitrogen and oxygen atoms in total. The fourth-order valence-corrected chi connectivity index (χ4v) is 4.18. The Morgan fingerprint density at radius 3 is 2.88 bits per heavy atom. The number of rotatable bonds is 5. The molecule has 1 aliphatic heterocycles. The number of nitrogens with one attached hydrogen (secondary N) is 2. The molecule has 4 N–H and O–H groups in total. The summed E-state index contributed by atoms with van der Waals surface area (Å²) < 4.78 is 5.33. The van der Waals surface area contributed by atoms with Crippen molar-refractivity contribution < 1.29 is 4.42 Å². The van der Waals surface area contributed by atoms with Gasteiger partial charge in [0.1, 0.15) is 0 Å². The second-order valence-electron chi connectivity index (χ2n) is 7.05. The summed E-state index contributed by atoms with van der Waals surface area (Å²) in [5.74, 6) is 2.31. The average molecular weight is 350 g/mol. The second kappa shape index (κ2) is 7.38. The first-order valence-electron chi connectivity index (χ1n) is 9.46. The number of furan rings is 1. The minimum atomic E-state index is 0.400. The molecule has 3 heterocycles. The first-order valence-corrected chi connectivity index (χ1v) is 9.46. The molecular formula is C21H26N4O. The lowest BCUT2D eigenvalue weighted by Gasteiger charge is -2.30. The first-order chi connectivity index (χ1) is 12.8. The van der Waals surface area contributed by atoms with Gasteiger partial charge in [-0.15, -0.1) is 0 Å². The summed E-state index contributed by atoms with van der Waals surface area (Å²) in [4.78, 5) is 7.98. The number of amidine groups is 1. The Morgan fingerprint density at radius 1 is 1.31 bits per heavy atom. The number of H-pyrrole nitrogens is 1. The van der Waals surface area contributed by atoms with E-state index in [0.717, 1.165) is 36.6 Å². The number of aromatic nitrogens is 1. The maximum atomic E-state index is 6.07. The maximum absolute atomic E-state index is 6.07. The number of fused-ring (bicyclic) bond motifs is 1. The molecule has 1 fully saturated rings. The first kappa shape index (κ1) is 16.9. The Bertz CT molecular complexity index is 888. The zero-order chi connectivity index (χ0) is 17.9. The van der Waals surface area contributed by atoms with Crippen LogP contribution in [-0.2, 0) is 0 Å². The molecule has 1 saturated heterocycles. The van der Waals surface area contributed by atoms with E-state index < -0.39 is 0 Å². The monoisotopic (exact) mass is 350 g/mol. The summed E-state index contributed by atoms with van der Waals surface area (Å²) >= 11 is 0. The Morgan fingerprint density at radius 2 is 2.15 bits per heavy atom. The Balaban J connectivity index is 1.69. The number of benzene rings is 1. The number of aromatic amines is 1. The van der Waals surface area contributed by atoms with Gasteiger partial charge < -0.3 is 20.5 Å². The van der Waals surface area contributed by atoms with Crippen molar-refractivity contribution in [3.05, 3.63) is 54.1 Å². The van der Waals surface area contributed by atoms with Gasteiger partial charge in [-0.1, -0.05) is 6.92 Å². The van der Waals surface area contributed by atoms with Crippen molar-refractivity contribution in [3.63, 3.8) is 0 Å². The van der Waals surface area contributed by atoms with Gasteiger partial charge in [0, 0.05) is 17.1 Å². The standard InChI is InChI=1S/C21H26N4O/c1-2-16(14-7-9-23-10-8-14)18-13-24-19-6-5-15(12-17(18)19)25-21(22)20-4-3-11-26-20/h3-6,11-14,16,23-24H,2,7-10H2,1H3,(H2,22,25). The van der Waals surface area contributed by atoms with Crippen LogP contribution in [0, 0.1) is 5.92 Å². The summed E-state index contributed by atoms with van der Waals surface area (Å²) in [5.41, 5.74) is 9.49. The van der Waals surface area contributed by atoms with Gasteiger partial charge in [-0.05, 0) is 80.1 Å². The smallest absolute Gasteiger partial charge is 0.168 e. The van der Waals surface area contributed by atoms with Gasteiger partial charge >= 0.3 is 0 Å². The molecule has 136 valence electrons. The molecule has 3 aromatic rings. The Hall–Kier alpha value is -2.53. The molecule has 0 amide bonds. The van der Waals surface area contributed by atoms with E-state index in [1.165, 1.54) is 23.8 Å². The fraction of sp³-hybridized carbons (Fsp3) is 0.381. The molecule has 1 aliphatic rings. The van der Waals surface area contributed by atoms with Crippen LogP contribution in [0.3, 0.4) is 0 Å². The second-order valence-corrected chi connectivity index (χ2v) is 7.05. The third kappa shape index (κ3) is 3.27. The van der Waals surface area contributed by atoms with E-state index in [4.69, 9.17) is 10.2 Å². The number of hydrogen-bond acceptors (Lipinski definition) is 3. The topological polar surface area (TPSA) is 79.3 Å². The summed E-state index contributed by atoms with van der Waals surface area (Å²) in [5, 5.41) is 4.73. The summed E-state index contributed by atoms with van der Waals surface area (Å²) in [7, 11) is 0. The van der Waals surface area contributed by atoms with Crippen molar-refractivity contribution in [2.45, 2.75) is 32.1 Å². The molecule has 0 radical (unpaired) electrons. The molecule has 4 rings (SSSR count). The van der Waals surface area contributed by atoms with Crippen LogP contribution in [0.2, 0.25) is 0 Å². The predicted molar refractivity (Wildman–Crippen MR) is 106 cm³/mol. The van der Waals surface area contributed by atoms with Gasteiger partial charge in [-0.3, -0.25) is 0 Å². The zero-order valence-electron chi connectivity index (χ0n) is 15.2. The fourth-order valence-electron chi connectivity index (χ4n) is 4.18. The molecule has 26 heavy (non-hydrogen) atoms. The summed E-state index contributed by atoms with van der Waals surface area (Å²) in [6, 6.07) is 9.85. The van der Waals surface area contributed by atoms with E-state index in [2.05, 4.69) is 40.5 Å². The van der Waals surface area contributed by atoms with E-state index in [0.29, 0.717) is 17.5 Å². The number of nitrogens with two attached hydrogens (primary N) is 1. The van der Waals surface area contributed by atoms with E-state index >= 15 is 0 Å². The summed E-state index contributed by atoms with van der Waals surface area (Å²) in [6.45, 7) is 4.54. The number of nitrogens with zero attached hydrogens (tertiary/aromatic N) is 1. The van der Waals surface area contributed by atoms with Gasteiger partial charge in [0.05, 0.1) is 12.0 Å². The van der Waals surface area contributed by atoms with Crippen LogP contribution in [0.4, 0.5) is 5.69 Å². The molecule has 0 bridgehead atoms. The van der Waals surface area contributed by atoms with Gasteiger partial charge in [-0.2, -0.15) is 0 Å². The van der Waals surface area contributed by atoms with Crippen LogP contribution in [0.5, 0.6) is 0 Å². The van der Waals surface area contributed by atoms with Crippen LogP contribution >= 0.6 is 0 Å². The van der Waals surface area contributed by atoms with Gasteiger partial charge in [0.15, 0.2) is 11.6 Å². The van der Waals surface area contributed by atoms with Crippen molar-refractivity contribution >= 4 is 22.4 Å². The molecule has 5 heteroatoms. The highest BCUT2D eigenvalue weighted by Crippen LogP contribution is 2.38. The van der Waals surface area contributed by atoms with Crippen LogP contribution in [0.15, 0.2) is 52.2 Å². The molecular weight excluding hydrogens is 324 g/mol. The molecule has 1 unspecified atom stereocenters. The lowest BCUT2D eigenvalue weighted by Crippen LogP contribution is -2.30. The number of aliphatic imine (C=N–C) groups is 1. The molecule has 1 atom stereocenters. The minimum Gasteiger partial charge on any atom is -0.461 e. The molecule has 0 spiro atoms. The van der Waals surface area contributed by atoms with Crippen LogP contribution in [-0.4, -0.2) is 23.9 Å². The van der Waals surface area contributed by atoms with E-state index in [-0.39, 0.29) is 0 Å². The highest BCUT2D eigenvalue weighted by Gasteiger charge is 2.25. The quantitative estimate of drug-likeness (QED) is 0.474. The minimum absolute atomic E-state index is 0.400. The van der Waals surface area contributed by atoms with Crippen molar-refractivity contribution in [1.29, 1.82) is 0 Å². The lowest BCUT2D eigenvalue weighted by molar-refractivity contribution is 0.313. The van der Waals surface area contributed by atoms with Gasteiger partial charge in [0.2, 0.25) is 0 Å². The third-order valence-corrected chi connectivity index (χ3v) is 5.51. The largest absolute Gasteiger partial charge is 0.461 e. The van der Waals surface area contributed by atoms with Crippen LogP contribution in [0.1, 0.15) is 43.4 Å². The van der Waals surface area contributed by atoms with Crippen molar-refractivity contribution in [2.75, 3.05) is 13.1 Å². The van der Waals surface area contributed by atoms with E-state index in [9.17, 15) is 0 Å². The third-order valence-electron chi connectivity index (χ3n) is 5.51. The maximum Gasteiger partial charge on any atom is 0.168 e. The highest BCUT2D eigenvalue weighted by molar-refractivity contribution is 5.97. The predicted octanol–water partition coefficient (Wildman–Crippen LogP) is 4.29. The summed E-state index contributed by atoms with van der Waals surface area (Å²) in [6.07, 6.45) is 7.43. The van der Waals surface area contributed by atoms with Gasteiger partial charge in [-0.25, -0.2) is 4.99 Å². The average Bonchev–Trinajstić information content (AvgIpc) is 3.34. The Kier molecular flexibility index (Phi) is 4.80. The Labute approximate surface area is 153 Å². The van der Waals surface area contributed by atoms with Crippen molar-refractivity contribution in [2.24, 2.45) is 16.6 Å². The SMILES string of the molecule is CCC(c1c[nH]c2ccc(N=C(N)c3ccco3)cc12)C1CCNCC1. The normalized spacial score (nSPS) is 17.7. The van der Waals surface area contributed by atoms with Crippen LogP contribution < -0.4 is 11.1 Å². The number of piperidine rings is 1. The van der Waals surface area contributed by atoms with E-state index in [1.807, 2.05) is 18.2 Å². The van der Waals surface area contributed by atoms with Crippen LogP contribution in [0.25, 0.3) is 10.9 Å². The zero-order valence-corrected chi connectivity index (χ0v) is 15.2. The van der Waals surface area contributed by atoms with E-state index in [1.54, 1.807) is 6.26 Å². The molecule has 0 saturated carbocycles. The number of hydrogen-bond donors (Lipinski definition) is 3. The highest BCUT2D eigenvalue weighted by atomic mass is 16.3. The lowest BCUT2D eigenvalue weighted by atomic mass is 9.79. The molecule has 0 aliphatic carbocycles. The molecule has 1 aromatic carbocycles. The molecule has 2 aromatic heterocycles. The van der Waals surface area contributed by atoms with Gasteiger partial charge in [0.25, 0.3) is 0 Å². The van der Waals surface area contributed by atoms with Crippen molar-refractivity contribution in [3.8, 4) is 0 Å². The van der Waals surface area contributed by atoms with Crippen molar-refractivity contribution in [1.82, 2.24) is 10.3 Å².